The van der Waals surface area contributed by atoms with Gasteiger partial charge >= 0.3 is 0 Å². The summed E-state index contributed by atoms with van der Waals surface area (Å²) in [6.07, 6.45) is 9.07. The largest absolute Gasteiger partial charge is 0.495 e. The topological polar surface area (TPSA) is 66.0 Å². The van der Waals surface area contributed by atoms with Gasteiger partial charge in [-0.3, -0.25) is 0 Å². The molecule has 3 aromatic heterocycles. The average Bonchev–Trinajstić information content (AvgIpc) is 3.40. The van der Waals surface area contributed by atoms with Crippen molar-refractivity contribution in [1.82, 2.24) is 14.5 Å². The molecule has 5 nitrogen and oxygen atoms in total. The van der Waals surface area contributed by atoms with Crippen LogP contribution >= 0.6 is 23.7 Å². The maximum absolute atomic E-state index is 6.31. The second-order valence-corrected chi connectivity index (χ2v) is 8.85. The molecule has 0 atom stereocenters. The lowest BCUT2D eigenvalue weighted by molar-refractivity contribution is 0.420. The number of halogens is 1. The highest BCUT2D eigenvalue weighted by Crippen LogP contribution is 2.43. The fourth-order valence-corrected chi connectivity index (χ4v) is 5.64. The van der Waals surface area contributed by atoms with Crippen molar-refractivity contribution in [1.29, 1.82) is 0 Å². The fourth-order valence-electron chi connectivity index (χ4n) is 4.49. The van der Waals surface area contributed by atoms with E-state index in [1.54, 1.807) is 24.8 Å². The molecule has 7 heteroatoms. The lowest BCUT2D eigenvalue weighted by atomic mass is 10.1. The third-order valence-corrected chi connectivity index (χ3v) is 7.02. The van der Waals surface area contributed by atoms with E-state index in [1.807, 2.05) is 0 Å². The van der Waals surface area contributed by atoms with Crippen LogP contribution in [0.3, 0.4) is 0 Å². The minimum absolute atomic E-state index is 0. The van der Waals surface area contributed by atoms with Gasteiger partial charge in [0.1, 0.15) is 23.5 Å². The van der Waals surface area contributed by atoms with Gasteiger partial charge in [0.05, 0.1) is 17.2 Å². The molecule has 1 fully saturated rings. The van der Waals surface area contributed by atoms with Crippen LogP contribution < -0.4 is 10.5 Å². The molecule has 1 aliphatic rings. The van der Waals surface area contributed by atoms with Crippen molar-refractivity contribution in [3.8, 4) is 16.2 Å². The number of thiophene rings is 1. The summed E-state index contributed by atoms with van der Waals surface area (Å²) in [5, 5.41) is 2.16. The predicted octanol–water partition coefficient (Wildman–Crippen LogP) is 5.82. The van der Waals surface area contributed by atoms with Gasteiger partial charge in [0, 0.05) is 23.2 Å². The first-order chi connectivity index (χ1) is 13.6. The smallest absolute Gasteiger partial charge is 0.146 e. The first-order valence-corrected chi connectivity index (χ1v) is 10.6. The van der Waals surface area contributed by atoms with E-state index >= 15 is 0 Å². The zero-order chi connectivity index (χ0) is 19.3. The van der Waals surface area contributed by atoms with Crippen LogP contribution in [0.5, 0.6) is 5.75 Å². The van der Waals surface area contributed by atoms with Crippen molar-refractivity contribution >= 4 is 50.7 Å². The summed E-state index contributed by atoms with van der Waals surface area (Å²) < 4.78 is 9.06. The molecular weight excluding hydrogens is 404 g/mol. The number of hydrogen-bond donors (Lipinski definition) is 1. The number of benzene rings is 1. The Morgan fingerprint density at radius 2 is 2.00 bits per heavy atom. The van der Waals surface area contributed by atoms with Gasteiger partial charge in [0.2, 0.25) is 0 Å². The number of nitrogens with zero attached hydrogens (tertiary/aromatic N) is 3. The SMILES string of the molecule is COc1cc(C)cc2cc(-c3cn(CC4CCCC4)c4ncnc(N)c34)sc12.Cl. The average molecular weight is 429 g/mol. The van der Waals surface area contributed by atoms with Crippen molar-refractivity contribution in [3.05, 3.63) is 36.3 Å². The minimum atomic E-state index is 0. The first-order valence-electron chi connectivity index (χ1n) is 9.82. The lowest BCUT2D eigenvalue weighted by Gasteiger charge is -2.10. The van der Waals surface area contributed by atoms with Crippen LogP contribution in [-0.4, -0.2) is 21.6 Å². The Kier molecular flexibility index (Phi) is 5.40. The van der Waals surface area contributed by atoms with Gasteiger partial charge in [-0.05, 0) is 48.8 Å². The summed E-state index contributed by atoms with van der Waals surface area (Å²) in [5.74, 6) is 2.20. The van der Waals surface area contributed by atoms with Gasteiger partial charge in [-0.1, -0.05) is 18.9 Å². The number of aryl methyl sites for hydroxylation is 1. The zero-order valence-electron chi connectivity index (χ0n) is 16.6. The Hall–Kier alpha value is -2.31. The summed E-state index contributed by atoms with van der Waals surface area (Å²) in [6.45, 7) is 3.10. The maximum atomic E-state index is 6.31. The van der Waals surface area contributed by atoms with Crippen LogP contribution in [0.1, 0.15) is 31.2 Å². The molecule has 0 unspecified atom stereocenters. The molecule has 2 N–H and O–H groups in total. The number of ether oxygens (including phenoxy) is 1. The van der Waals surface area contributed by atoms with E-state index in [0.717, 1.165) is 39.5 Å². The molecule has 0 aliphatic heterocycles. The van der Waals surface area contributed by atoms with E-state index in [4.69, 9.17) is 10.5 Å². The molecule has 0 amide bonds. The number of nitrogens with two attached hydrogens (primary N) is 1. The molecule has 0 saturated heterocycles. The van der Waals surface area contributed by atoms with Crippen LogP contribution in [0, 0.1) is 12.8 Å². The Balaban J connectivity index is 0.00000205. The van der Waals surface area contributed by atoms with Crippen LogP contribution in [0.2, 0.25) is 0 Å². The number of anilines is 1. The van der Waals surface area contributed by atoms with Crippen LogP contribution in [0.25, 0.3) is 31.6 Å². The van der Waals surface area contributed by atoms with Crippen LogP contribution in [0.15, 0.2) is 30.7 Å². The summed E-state index contributed by atoms with van der Waals surface area (Å²) in [5.41, 5.74) is 9.56. The fraction of sp³-hybridized carbons (Fsp3) is 0.364. The number of hydrogen-bond acceptors (Lipinski definition) is 5. The van der Waals surface area contributed by atoms with Crippen molar-refractivity contribution in [2.24, 2.45) is 5.92 Å². The normalized spacial score (nSPS) is 14.6. The summed E-state index contributed by atoms with van der Waals surface area (Å²) in [4.78, 5) is 10.0. The highest BCUT2D eigenvalue weighted by Gasteiger charge is 2.21. The van der Waals surface area contributed by atoms with E-state index in [1.165, 1.54) is 41.5 Å². The molecule has 29 heavy (non-hydrogen) atoms. The van der Waals surface area contributed by atoms with Gasteiger partial charge in [-0.2, -0.15) is 0 Å². The molecule has 0 spiro atoms. The third-order valence-electron chi connectivity index (χ3n) is 5.82. The van der Waals surface area contributed by atoms with Gasteiger partial charge in [0.15, 0.2) is 0 Å². The number of aromatic nitrogens is 3. The maximum Gasteiger partial charge on any atom is 0.146 e. The number of methoxy groups -OCH3 is 1. The van der Waals surface area contributed by atoms with Gasteiger partial charge in [-0.25, -0.2) is 9.97 Å². The Morgan fingerprint density at radius 3 is 2.76 bits per heavy atom. The van der Waals surface area contributed by atoms with E-state index in [-0.39, 0.29) is 12.4 Å². The molecule has 3 heterocycles. The first kappa shape index (κ1) is 20.0. The summed E-state index contributed by atoms with van der Waals surface area (Å²) in [7, 11) is 1.73. The van der Waals surface area contributed by atoms with Gasteiger partial charge in [-0.15, -0.1) is 23.7 Å². The monoisotopic (exact) mass is 428 g/mol. The van der Waals surface area contributed by atoms with Crippen molar-refractivity contribution in [3.63, 3.8) is 0 Å². The Labute approximate surface area is 180 Å². The highest BCUT2D eigenvalue weighted by atomic mass is 35.5. The number of rotatable bonds is 4. The number of nitrogen functional groups attached to an aromatic ring is 1. The molecule has 152 valence electrons. The third kappa shape index (κ3) is 3.45. The van der Waals surface area contributed by atoms with Gasteiger partial charge < -0.3 is 15.0 Å². The molecule has 0 bridgehead atoms. The lowest BCUT2D eigenvalue weighted by Crippen LogP contribution is -2.07. The quantitative estimate of drug-likeness (QED) is 0.444. The van der Waals surface area contributed by atoms with E-state index in [2.05, 4.69) is 45.9 Å². The van der Waals surface area contributed by atoms with E-state index < -0.39 is 0 Å². The zero-order valence-corrected chi connectivity index (χ0v) is 18.3. The van der Waals surface area contributed by atoms with E-state index in [0.29, 0.717) is 5.82 Å². The second kappa shape index (κ2) is 7.84. The predicted molar refractivity (Wildman–Crippen MR) is 123 cm³/mol. The molecule has 0 radical (unpaired) electrons. The standard InChI is InChI=1S/C22H24N4OS.ClH/c1-13-7-15-9-18(28-20(15)17(8-13)27-2)16-11-26(10-14-5-3-4-6-14)22-19(16)21(23)24-12-25-22;/h7-9,11-12,14H,3-6,10H2,1-2H3,(H2,23,24,25);1H. The van der Waals surface area contributed by atoms with Crippen molar-refractivity contribution in [2.75, 3.05) is 12.8 Å². The Bertz CT molecular complexity index is 1180. The molecule has 5 rings (SSSR count). The van der Waals surface area contributed by atoms with Crippen molar-refractivity contribution in [2.45, 2.75) is 39.2 Å². The van der Waals surface area contributed by atoms with Crippen molar-refractivity contribution < 1.29 is 4.74 Å². The van der Waals surface area contributed by atoms with Gasteiger partial charge in [0.25, 0.3) is 0 Å². The molecular formula is C22H25ClN4OS. The van der Waals surface area contributed by atoms with Crippen LogP contribution in [-0.2, 0) is 6.54 Å². The molecule has 4 aromatic rings. The number of fused-ring (bicyclic) bond motifs is 2. The highest BCUT2D eigenvalue weighted by molar-refractivity contribution is 7.22. The summed E-state index contributed by atoms with van der Waals surface area (Å²) >= 11 is 1.74. The summed E-state index contributed by atoms with van der Waals surface area (Å²) in [6, 6.07) is 6.52. The molecule has 1 aliphatic carbocycles. The van der Waals surface area contributed by atoms with Crippen LogP contribution in [0.4, 0.5) is 5.82 Å². The second-order valence-electron chi connectivity index (χ2n) is 7.80. The molecule has 1 saturated carbocycles. The molecule has 1 aromatic carbocycles. The Morgan fingerprint density at radius 1 is 1.21 bits per heavy atom. The minimum Gasteiger partial charge on any atom is -0.495 e. The van der Waals surface area contributed by atoms with E-state index in [9.17, 15) is 0 Å².